The second kappa shape index (κ2) is 6.96. The normalized spacial score (nSPS) is 12.3. The Morgan fingerprint density at radius 1 is 1.58 bits per heavy atom. The number of carbonyl (C=O) groups is 1. The summed E-state index contributed by atoms with van der Waals surface area (Å²) in [5, 5.41) is 11.7. The van der Waals surface area contributed by atoms with E-state index in [2.05, 4.69) is 5.32 Å². The summed E-state index contributed by atoms with van der Waals surface area (Å²) in [6.07, 6.45) is 0. The highest BCUT2D eigenvalue weighted by atomic mass is 16.5. The van der Waals surface area contributed by atoms with E-state index in [4.69, 9.17) is 15.6 Å². The van der Waals surface area contributed by atoms with Crippen molar-refractivity contribution in [3.05, 3.63) is 18.2 Å². The van der Waals surface area contributed by atoms with Crippen LogP contribution in [0.25, 0.3) is 0 Å². The van der Waals surface area contributed by atoms with Crippen LogP contribution in [0.4, 0.5) is 11.4 Å². The topological polar surface area (TPSA) is 87.8 Å². The van der Waals surface area contributed by atoms with Gasteiger partial charge in [0.05, 0.1) is 31.6 Å². The zero-order chi connectivity index (χ0) is 14.4. The van der Waals surface area contributed by atoms with Gasteiger partial charge in [0.1, 0.15) is 5.75 Å². The lowest BCUT2D eigenvalue weighted by atomic mass is 10.2. The summed E-state index contributed by atoms with van der Waals surface area (Å²) >= 11 is 0. The molecule has 106 valence electrons. The van der Waals surface area contributed by atoms with E-state index in [1.165, 1.54) is 0 Å². The number of benzene rings is 1. The van der Waals surface area contributed by atoms with Gasteiger partial charge in [-0.05, 0) is 26.1 Å². The van der Waals surface area contributed by atoms with Crippen LogP contribution in [0.5, 0.6) is 5.75 Å². The predicted molar refractivity (Wildman–Crippen MR) is 75.2 cm³/mol. The first kappa shape index (κ1) is 15.3. The molecule has 1 aromatic rings. The van der Waals surface area contributed by atoms with Crippen molar-refractivity contribution in [2.24, 2.45) is 0 Å². The van der Waals surface area contributed by atoms with E-state index >= 15 is 0 Å². The molecule has 1 aromatic carbocycles. The van der Waals surface area contributed by atoms with Crippen LogP contribution in [0.3, 0.4) is 0 Å². The molecule has 0 spiro atoms. The van der Waals surface area contributed by atoms with E-state index in [0.29, 0.717) is 17.1 Å². The number of nitrogens with two attached hydrogens (primary N) is 1. The van der Waals surface area contributed by atoms with Gasteiger partial charge >= 0.3 is 0 Å². The third-order valence-electron chi connectivity index (χ3n) is 2.94. The minimum absolute atomic E-state index is 0.00839. The lowest BCUT2D eigenvalue weighted by Gasteiger charge is -2.22. The van der Waals surface area contributed by atoms with Gasteiger partial charge in [-0.15, -0.1) is 0 Å². The number of nitrogens with one attached hydrogen (secondary N) is 1. The molecule has 6 heteroatoms. The summed E-state index contributed by atoms with van der Waals surface area (Å²) in [4.78, 5) is 13.6. The number of aliphatic hydroxyl groups excluding tert-OH is 1. The molecule has 4 N–H and O–H groups in total. The first-order valence-corrected chi connectivity index (χ1v) is 6.02. The number of hydrogen-bond acceptors (Lipinski definition) is 5. The molecule has 19 heavy (non-hydrogen) atoms. The molecule has 1 amide bonds. The third kappa shape index (κ3) is 4.42. The lowest BCUT2D eigenvalue weighted by molar-refractivity contribution is -0.117. The van der Waals surface area contributed by atoms with Crippen LogP contribution in [0.2, 0.25) is 0 Å². The number of nitrogen functional groups attached to an aromatic ring is 1. The smallest absolute Gasteiger partial charge is 0.238 e. The van der Waals surface area contributed by atoms with Crippen LogP contribution in [-0.4, -0.2) is 49.3 Å². The predicted octanol–water partition coefficient (Wildman–Crippen LogP) is 0.528. The van der Waals surface area contributed by atoms with Gasteiger partial charge in [-0.25, -0.2) is 0 Å². The van der Waals surface area contributed by atoms with E-state index in [9.17, 15) is 4.79 Å². The van der Waals surface area contributed by atoms with Crippen LogP contribution in [0, 0.1) is 0 Å². The van der Waals surface area contributed by atoms with Gasteiger partial charge < -0.3 is 20.9 Å². The highest BCUT2D eigenvalue weighted by Gasteiger charge is 2.13. The number of ether oxygens (including phenoxy) is 1. The Hall–Kier alpha value is -1.79. The van der Waals surface area contributed by atoms with E-state index in [-0.39, 0.29) is 25.1 Å². The standard InChI is InChI=1S/C13H21N3O3/c1-9(8-17)16(2)7-13(18)15-12-5-4-10(19-3)6-11(12)14/h4-6,9,17H,7-8,14H2,1-3H3,(H,15,18). The second-order valence-corrected chi connectivity index (χ2v) is 4.45. The SMILES string of the molecule is COc1ccc(NC(=O)CN(C)C(C)CO)c(N)c1. The van der Waals surface area contributed by atoms with E-state index in [1.54, 1.807) is 37.3 Å². The quantitative estimate of drug-likeness (QED) is 0.654. The molecular formula is C13H21N3O3. The average molecular weight is 267 g/mol. The van der Waals surface area contributed by atoms with Crippen molar-refractivity contribution in [3.8, 4) is 5.75 Å². The summed E-state index contributed by atoms with van der Waals surface area (Å²) in [5.41, 5.74) is 6.81. The highest BCUT2D eigenvalue weighted by Crippen LogP contribution is 2.23. The molecule has 0 radical (unpaired) electrons. The first-order valence-electron chi connectivity index (χ1n) is 6.02. The number of nitrogens with zero attached hydrogens (tertiary/aromatic N) is 1. The van der Waals surface area contributed by atoms with Crippen molar-refractivity contribution in [3.63, 3.8) is 0 Å². The summed E-state index contributed by atoms with van der Waals surface area (Å²) in [5.74, 6) is 0.459. The number of methoxy groups -OCH3 is 1. The summed E-state index contributed by atoms with van der Waals surface area (Å²) in [7, 11) is 3.33. The fourth-order valence-corrected chi connectivity index (χ4v) is 1.49. The Bertz CT molecular complexity index is 437. The van der Waals surface area contributed by atoms with Gasteiger partial charge in [-0.2, -0.15) is 0 Å². The first-order chi connectivity index (χ1) is 8.97. The molecular weight excluding hydrogens is 246 g/mol. The zero-order valence-corrected chi connectivity index (χ0v) is 11.5. The Balaban J connectivity index is 2.62. The highest BCUT2D eigenvalue weighted by molar-refractivity contribution is 5.95. The molecule has 0 aliphatic carbocycles. The molecule has 0 aromatic heterocycles. The number of aliphatic hydroxyl groups is 1. The van der Waals surface area contributed by atoms with E-state index < -0.39 is 0 Å². The largest absolute Gasteiger partial charge is 0.497 e. The van der Waals surface area contributed by atoms with Crippen LogP contribution in [0.1, 0.15) is 6.92 Å². The molecule has 0 aliphatic rings. The Morgan fingerprint density at radius 2 is 2.26 bits per heavy atom. The summed E-state index contributed by atoms with van der Waals surface area (Å²) in [6.45, 7) is 2.04. The van der Waals surface area contributed by atoms with E-state index in [1.807, 2.05) is 6.92 Å². The van der Waals surface area contributed by atoms with Crippen molar-refractivity contribution in [1.82, 2.24) is 4.90 Å². The number of rotatable bonds is 6. The molecule has 0 saturated carbocycles. The summed E-state index contributed by atoms with van der Waals surface area (Å²) < 4.78 is 5.04. The molecule has 1 rings (SSSR count). The molecule has 6 nitrogen and oxygen atoms in total. The average Bonchev–Trinajstić information content (AvgIpc) is 2.39. The lowest BCUT2D eigenvalue weighted by Crippen LogP contribution is -2.38. The molecule has 0 heterocycles. The number of carbonyl (C=O) groups excluding carboxylic acids is 1. The van der Waals surface area contributed by atoms with Gasteiger partial charge in [-0.1, -0.05) is 0 Å². The van der Waals surface area contributed by atoms with Crippen LogP contribution in [0.15, 0.2) is 18.2 Å². The fourth-order valence-electron chi connectivity index (χ4n) is 1.49. The fraction of sp³-hybridized carbons (Fsp3) is 0.462. The maximum atomic E-state index is 11.8. The van der Waals surface area contributed by atoms with Gasteiger partial charge in [0.2, 0.25) is 5.91 Å². The van der Waals surface area contributed by atoms with Gasteiger partial charge in [0, 0.05) is 12.1 Å². The minimum atomic E-state index is -0.181. The van der Waals surface area contributed by atoms with Gasteiger partial charge in [-0.3, -0.25) is 9.69 Å². The summed E-state index contributed by atoms with van der Waals surface area (Å²) in [6, 6.07) is 5.00. The molecule has 0 bridgehead atoms. The van der Waals surface area contributed by atoms with Crippen LogP contribution < -0.4 is 15.8 Å². The van der Waals surface area contributed by atoms with Gasteiger partial charge in [0.25, 0.3) is 0 Å². The number of amides is 1. The van der Waals surface area contributed by atoms with Crippen molar-refractivity contribution < 1.29 is 14.6 Å². The third-order valence-corrected chi connectivity index (χ3v) is 2.94. The van der Waals surface area contributed by atoms with Crippen molar-refractivity contribution >= 4 is 17.3 Å². The van der Waals surface area contributed by atoms with Crippen molar-refractivity contribution in [1.29, 1.82) is 0 Å². The maximum absolute atomic E-state index is 11.8. The number of likely N-dealkylation sites (N-methyl/N-ethyl adjacent to an activating group) is 1. The molecule has 1 atom stereocenters. The Kier molecular flexibility index (Phi) is 5.59. The van der Waals surface area contributed by atoms with Crippen molar-refractivity contribution in [2.75, 3.05) is 38.4 Å². The minimum Gasteiger partial charge on any atom is -0.497 e. The van der Waals surface area contributed by atoms with Crippen molar-refractivity contribution in [2.45, 2.75) is 13.0 Å². The molecule has 0 saturated heterocycles. The monoisotopic (exact) mass is 267 g/mol. The number of anilines is 2. The zero-order valence-electron chi connectivity index (χ0n) is 11.5. The Labute approximate surface area is 113 Å². The Morgan fingerprint density at radius 3 is 2.79 bits per heavy atom. The molecule has 1 unspecified atom stereocenters. The van der Waals surface area contributed by atoms with Crippen LogP contribution >= 0.6 is 0 Å². The van der Waals surface area contributed by atoms with Crippen LogP contribution in [-0.2, 0) is 4.79 Å². The number of hydrogen-bond donors (Lipinski definition) is 3. The maximum Gasteiger partial charge on any atom is 0.238 e. The van der Waals surface area contributed by atoms with E-state index in [0.717, 1.165) is 0 Å². The molecule has 0 aliphatic heterocycles. The second-order valence-electron chi connectivity index (χ2n) is 4.45. The van der Waals surface area contributed by atoms with Gasteiger partial charge in [0.15, 0.2) is 0 Å². The molecule has 0 fully saturated rings.